The minimum atomic E-state index is -0.286. The lowest BCUT2D eigenvalue weighted by Gasteiger charge is -2.24. The second kappa shape index (κ2) is 7.08. The Morgan fingerprint density at radius 3 is 2.81 bits per heavy atom. The molecule has 1 saturated carbocycles. The highest BCUT2D eigenvalue weighted by molar-refractivity contribution is 14.2. The van der Waals surface area contributed by atoms with E-state index in [1.807, 2.05) is 11.3 Å². The number of hydrogen-bond acceptors (Lipinski definition) is 2. The fourth-order valence-electron chi connectivity index (χ4n) is 2.94. The van der Waals surface area contributed by atoms with Gasteiger partial charge in [0.05, 0.1) is 6.45 Å². The molecule has 1 aliphatic rings. The molecule has 4 heteroatoms. The van der Waals surface area contributed by atoms with Gasteiger partial charge in [0.2, 0.25) is 0 Å². The molecule has 0 spiro atoms. The van der Waals surface area contributed by atoms with Gasteiger partial charge in [0.1, 0.15) is 5.60 Å². The Kier molecular flexibility index (Phi) is 5.36. The first kappa shape index (κ1) is 15.9. The third-order valence-electron chi connectivity index (χ3n) is 4.25. The monoisotopic (exact) mass is 430 g/mol. The molecule has 2 unspecified atom stereocenters. The van der Waals surface area contributed by atoms with Crippen molar-refractivity contribution in [2.24, 2.45) is 5.92 Å². The van der Waals surface area contributed by atoms with Crippen molar-refractivity contribution >= 4 is 49.9 Å². The first-order chi connectivity index (χ1) is 10.2. The van der Waals surface area contributed by atoms with Crippen LogP contribution in [0.4, 0.5) is 0 Å². The van der Waals surface area contributed by atoms with Gasteiger partial charge in [-0.1, -0.05) is 43.2 Å². The predicted octanol–water partition coefficient (Wildman–Crippen LogP) is 6.82. The van der Waals surface area contributed by atoms with Crippen molar-refractivity contribution in [3.63, 3.8) is 0 Å². The van der Waals surface area contributed by atoms with Crippen LogP contribution in [0.3, 0.4) is 0 Å². The van der Waals surface area contributed by atoms with Crippen molar-refractivity contribution in [2.45, 2.75) is 38.2 Å². The van der Waals surface area contributed by atoms with E-state index in [-0.39, 0.29) is 5.60 Å². The van der Waals surface area contributed by atoms with Gasteiger partial charge in [-0.05, 0) is 65.2 Å². The van der Waals surface area contributed by atoms with Crippen LogP contribution in [0.5, 0.6) is 0 Å². The highest BCUT2D eigenvalue weighted by atomic mass is 127. The lowest BCUT2D eigenvalue weighted by Crippen LogP contribution is -2.18. The molecular weight excluding hydrogens is 410 g/mol. The second-order valence-corrected chi connectivity index (χ2v) is 8.60. The summed E-state index contributed by atoms with van der Waals surface area (Å²) in [4.78, 5) is 1.31. The number of halogens is 1. The van der Waals surface area contributed by atoms with Gasteiger partial charge >= 0.3 is 0 Å². The number of benzene rings is 1. The minimum absolute atomic E-state index is 0.286. The Morgan fingerprint density at radius 1 is 1.33 bits per heavy atom. The molecule has 1 aromatic carbocycles. The largest absolute Gasteiger partial charge is 0.336 e. The van der Waals surface area contributed by atoms with Crippen LogP contribution in [0.1, 0.15) is 37.5 Å². The maximum Gasteiger partial charge on any atom is 0.122 e. The quantitative estimate of drug-likeness (QED) is 0.287. The van der Waals surface area contributed by atoms with Gasteiger partial charge in [0.15, 0.2) is 0 Å². The van der Waals surface area contributed by atoms with Crippen molar-refractivity contribution in [1.29, 1.82) is 0 Å². The van der Waals surface area contributed by atoms with Gasteiger partial charge in [0, 0.05) is 9.58 Å². The molecule has 2 aromatic rings. The number of rotatable bonds is 5. The molecule has 0 radical (unpaired) electrons. The number of fused-ring (bicyclic) bond motifs is 1. The van der Waals surface area contributed by atoms with E-state index < -0.39 is 0 Å². The summed E-state index contributed by atoms with van der Waals surface area (Å²) in [6.07, 6.45) is 10.1. The lowest BCUT2D eigenvalue weighted by molar-refractivity contribution is 0.178. The molecule has 2 atom stereocenters. The Balaban J connectivity index is 1.91. The second-order valence-electron chi connectivity index (χ2n) is 5.84. The Labute approximate surface area is 145 Å². The van der Waals surface area contributed by atoms with Gasteiger partial charge < -0.3 is 4.52 Å². The van der Waals surface area contributed by atoms with E-state index in [0.29, 0.717) is 6.45 Å². The van der Waals surface area contributed by atoms with Gasteiger partial charge in [0.25, 0.3) is 0 Å². The summed E-state index contributed by atoms with van der Waals surface area (Å²) in [7, 11) is 0. The zero-order valence-electron chi connectivity index (χ0n) is 12.1. The molecule has 0 bridgehead atoms. The molecule has 1 aromatic heterocycles. The Morgan fingerprint density at radius 2 is 2.10 bits per heavy atom. The molecule has 0 N–H and O–H groups in total. The first-order valence-electron chi connectivity index (χ1n) is 7.43. The van der Waals surface area contributed by atoms with Crippen LogP contribution in [0.25, 0.3) is 10.1 Å². The average molecular weight is 430 g/mol. The van der Waals surface area contributed by atoms with E-state index in [4.69, 9.17) is 4.52 Å². The van der Waals surface area contributed by atoms with Gasteiger partial charge in [-0.15, -0.1) is 11.3 Å². The predicted molar refractivity (Wildman–Crippen MR) is 104 cm³/mol. The lowest BCUT2D eigenvalue weighted by atomic mass is 9.99. The van der Waals surface area contributed by atoms with Gasteiger partial charge in [-0.2, -0.15) is 0 Å². The third kappa shape index (κ3) is 3.69. The maximum atomic E-state index is 6.14. The van der Waals surface area contributed by atoms with Crippen LogP contribution in [-0.2, 0) is 10.1 Å². The van der Waals surface area contributed by atoms with Crippen molar-refractivity contribution in [3.8, 4) is 0 Å². The van der Waals surface area contributed by atoms with E-state index in [9.17, 15) is 0 Å². The van der Waals surface area contributed by atoms with Crippen LogP contribution >= 0.6 is 39.8 Å². The molecule has 112 valence electrons. The molecule has 21 heavy (non-hydrogen) atoms. The number of thiophene rings is 1. The van der Waals surface area contributed by atoms with Crippen LogP contribution in [-0.4, -0.2) is 0 Å². The smallest absolute Gasteiger partial charge is 0.122 e. The van der Waals surface area contributed by atoms with Crippen molar-refractivity contribution in [2.75, 3.05) is 0 Å². The van der Waals surface area contributed by atoms with E-state index in [2.05, 4.69) is 71.4 Å². The fourth-order valence-corrected chi connectivity index (χ4v) is 5.85. The van der Waals surface area contributed by atoms with Crippen LogP contribution in [0.15, 0.2) is 42.5 Å². The molecule has 1 heterocycles. The molecule has 0 saturated heterocycles. The van der Waals surface area contributed by atoms with Crippen molar-refractivity contribution in [3.05, 3.63) is 47.4 Å². The number of allylic oxidation sites excluding steroid dienone is 1. The van der Waals surface area contributed by atoms with Crippen molar-refractivity contribution < 1.29 is 4.52 Å². The molecule has 0 aliphatic heterocycles. The Bertz CT molecular complexity index is 600. The average Bonchev–Trinajstić information content (AvgIpc) is 3.15. The maximum absolute atomic E-state index is 6.14. The van der Waals surface area contributed by atoms with E-state index in [1.54, 1.807) is 0 Å². The van der Waals surface area contributed by atoms with Gasteiger partial charge in [-0.25, -0.2) is 0 Å². The summed E-state index contributed by atoms with van der Waals surface area (Å²) >= 11 is 4.17. The number of hydrogen-bond donors (Lipinski definition) is 0. The van der Waals surface area contributed by atoms with Crippen molar-refractivity contribution in [1.82, 2.24) is 0 Å². The first-order valence-corrected chi connectivity index (χ1v) is 12.3. The Hall–Kier alpha value is 0.0400. The molecule has 1 aliphatic carbocycles. The van der Waals surface area contributed by atoms with Crippen LogP contribution in [0, 0.1) is 5.92 Å². The van der Waals surface area contributed by atoms with Crippen LogP contribution in [0.2, 0.25) is 0 Å². The zero-order chi connectivity index (χ0) is 14.7. The summed E-state index contributed by atoms with van der Waals surface area (Å²) in [5.41, 5.74) is -0.286. The van der Waals surface area contributed by atoms with Gasteiger partial charge in [-0.3, -0.25) is 0 Å². The highest BCUT2D eigenvalue weighted by Crippen LogP contribution is 2.43. The molecule has 0 amide bonds. The topological polar surface area (TPSA) is 9.23 Å². The summed E-state index contributed by atoms with van der Waals surface area (Å²) in [5.74, 6) is 0.750. The SMILES string of the molecule is CC(/C=C/C1CCCC1)(OPI)c1cc2ccccc2s1. The minimum Gasteiger partial charge on any atom is -0.336 e. The molecule has 1 fully saturated rings. The summed E-state index contributed by atoms with van der Waals surface area (Å²) < 4.78 is 7.48. The summed E-state index contributed by atoms with van der Waals surface area (Å²) in [5, 5.41) is 1.32. The molecule has 1 nitrogen and oxygen atoms in total. The fraction of sp³-hybridized carbons (Fsp3) is 0.412. The molecular formula is C17H20IOPS. The van der Waals surface area contributed by atoms with E-state index in [0.717, 1.165) is 5.92 Å². The zero-order valence-corrected chi connectivity index (χ0v) is 16.1. The standard InChI is InChI=1S/C17H20IOPS/c1-17(19-20-18,11-10-13-6-2-3-7-13)16-12-14-8-4-5-9-15(14)21-16/h4-5,8-13,20H,2-3,6-7H2,1H3/b11-10+. The summed E-state index contributed by atoms with van der Waals surface area (Å²) in [6.45, 7) is 2.67. The highest BCUT2D eigenvalue weighted by Gasteiger charge is 2.27. The van der Waals surface area contributed by atoms with E-state index in [1.165, 1.54) is 40.6 Å². The van der Waals surface area contributed by atoms with E-state index >= 15 is 0 Å². The molecule has 3 rings (SSSR count). The normalized spacial score (nSPS) is 20.1. The summed E-state index contributed by atoms with van der Waals surface area (Å²) in [6, 6.07) is 10.9. The van der Waals surface area contributed by atoms with Crippen LogP contribution < -0.4 is 0 Å². The third-order valence-corrected chi connectivity index (χ3v) is 6.75.